The second-order valence-corrected chi connectivity index (χ2v) is 7.43. The molecule has 146 valence electrons. The molecule has 1 fully saturated rings. The van der Waals surface area contributed by atoms with E-state index in [1.807, 2.05) is 29.2 Å². The van der Waals surface area contributed by atoms with E-state index in [1.165, 1.54) is 0 Å². The summed E-state index contributed by atoms with van der Waals surface area (Å²) in [4.78, 5) is 26.8. The topological polar surface area (TPSA) is 64.7 Å². The number of piperidine rings is 1. The molecule has 1 aromatic heterocycles. The largest absolute Gasteiger partial charge is 0.497 e. The molecular weight excluding hydrogens is 380 g/mol. The number of benzene rings is 2. The Kier molecular flexibility index (Phi) is 5.13. The number of oxazole rings is 1. The standard InChI is InChI=1S/C21H21ClN2O4/c1-27-17-4-2-3-14(11-17)12-20(25)23-9-7-16(8-10-23)24-18-13-15(22)5-6-19(18)28-21(24)26/h2-6,11,13,16H,7-10,12H2,1H3. The van der Waals surface area contributed by atoms with Gasteiger partial charge in [-0.15, -0.1) is 0 Å². The number of halogens is 1. The molecule has 3 aromatic rings. The molecule has 1 aliphatic heterocycles. The summed E-state index contributed by atoms with van der Waals surface area (Å²) in [7, 11) is 1.61. The third-order valence-corrected chi connectivity index (χ3v) is 5.48. The molecule has 0 bridgehead atoms. The van der Waals surface area contributed by atoms with Gasteiger partial charge in [-0.25, -0.2) is 4.79 Å². The molecule has 0 atom stereocenters. The van der Waals surface area contributed by atoms with Gasteiger partial charge in [0.05, 0.1) is 19.0 Å². The van der Waals surface area contributed by atoms with Crippen LogP contribution in [0.25, 0.3) is 11.1 Å². The third kappa shape index (κ3) is 3.64. The molecule has 0 aliphatic carbocycles. The normalized spacial score (nSPS) is 15.1. The van der Waals surface area contributed by atoms with E-state index >= 15 is 0 Å². The number of carbonyl (C=O) groups excluding carboxylic acids is 1. The van der Waals surface area contributed by atoms with Crippen LogP contribution in [-0.2, 0) is 11.2 Å². The summed E-state index contributed by atoms with van der Waals surface area (Å²) in [5.41, 5.74) is 2.17. The van der Waals surface area contributed by atoms with Crippen LogP contribution in [0.2, 0.25) is 5.02 Å². The molecule has 0 spiro atoms. The number of rotatable bonds is 4. The first-order chi connectivity index (χ1) is 13.5. The van der Waals surface area contributed by atoms with Crippen molar-refractivity contribution >= 4 is 28.6 Å². The maximum atomic E-state index is 12.7. The van der Waals surface area contributed by atoms with Crippen LogP contribution in [0.15, 0.2) is 51.7 Å². The number of hydrogen-bond acceptors (Lipinski definition) is 4. The lowest BCUT2D eigenvalue weighted by molar-refractivity contribution is -0.131. The molecule has 2 aromatic carbocycles. The molecule has 2 heterocycles. The number of likely N-dealkylation sites (tertiary alicyclic amines) is 1. The highest BCUT2D eigenvalue weighted by Crippen LogP contribution is 2.27. The minimum absolute atomic E-state index is 0.00640. The Morgan fingerprint density at radius 2 is 2.00 bits per heavy atom. The first-order valence-corrected chi connectivity index (χ1v) is 9.64. The van der Waals surface area contributed by atoms with Crippen LogP contribution in [0.5, 0.6) is 5.75 Å². The highest BCUT2D eigenvalue weighted by Gasteiger charge is 2.27. The number of aromatic nitrogens is 1. The van der Waals surface area contributed by atoms with Gasteiger partial charge in [0.2, 0.25) is 5.91 Å². The molecule has 0 radical (unpaired) electrons. The average Bonchev–Trinajstić information content (AvgIpc) is 3.03. The molecule has 28 heavy (non-hydrogen) atoms. The number of amides is 1. The van der Waals surface area contributed by atoms with Gasteiger partial charge in [-0.3, -0.25) is 9.36 Å². The van der Waals surface area contributed by atoms with Gasteiger partial charge in [0.15, 0.2) is 5.58 Å². The van der Waals surface area contributed by atoms with E-state index in [4.69, 9.17) is 20.8 Å². The Labute approximate surface area is 167 Å². The number of hydrogen-bond donors (Lipinski definition) is 0. The Balaban J connectivity index is 1.45. The summed E-state index contributed by atoms with van der Waals surface area (Å²) in [6.07, 6.45) is 1.74. The van der Waals surface area contributed by atoms with E-state index in [2.05, 4.69) is 0 Å². The highest BCUT2D eigenvalue weighted by atomic mass is 35.5. The Morgan fingerprint density at radius 3 is 2.75 bits per heavy atom. The quantitative estimate of drug-likeness (QED) is 0.670. The van der Waals surface area contributed by atoms with E-state index in [0.29, 0.717) is 48.5 Å². The van der Waals surface area contributed by atoms with Gasteiger partial charge < -0.3 is 14.1 Å². The van der Waals surface area contributed by atoms with Gasteiger partial charge >= 0.3 is 5.76 Å². The molecule has 1 aliphatic rings. The Morgan fingerprint density at radius 1 is 1.21 bits per heavy atom. The summed E-state index contributed by atoms with van der Waals surface area (Å²) < 4.78 is 12.2. The van der Waals surface area contributed by atoms with Crippen LogP contribution in [0, 0.1) is 0 Å². The molecule has 6 nitrogen and oxygen atoms in total. The second-order valence-electron chi connectivity index (χ2n) is 6.99. The maximum absolute atomic E-state index is 12.7. The van der Waals surface area contributed by atoms with Crippen molar-refractivity contribution in [2.45, 2.75) is 25.3 Å². The smallest absolute Gasteiger partial charge is 0.420 e. The Hall–Kier alpha value is -2.73. The molecule has 1 saturated heterocycles. The van der Waals surface area contributed by atoms with E-state index < -0.39 is 0 Å². The number of ether oxygens (including phenoxy) is 1. The van der Waals surface area contributed by atoms with Gasteiger partial charge in [-0.1, -0.05) is 23.7 Å². The monoisotopic (exact) mass is 400 g/mol. The summed E-state index contributed by atoms with van der Waals surface area (Å²) >= 11 is 6.08. The minimum Gasteiger partial charge on any atom is -0.497 e. The number of fused-ring (bicyclic) bond motifs is 1. The van der Waals surface area contributed by atoms with Crippen LogP contribution in [0.4, 0.5) is 0 Å². The van der Waals surface area contributed by atoms with Gasteiger partial charge in [-0.05, 0) is 48.7 Å². The molecule has 4 rings (SSSR count). The van der Waals surface area contributed by atoms with E-state index in [0.717, 1.165) is 11.3 Å². The van der Waals surface area contributed by atoms with Crippen molar-refractivity contribution in [3.63, 3.8) is 0 Å². The first-order valence-electron chi connectivity index (χ1n) is 9.26. The fourth-order valence-electron chi connectivity index (χ4n) is 3.79. The van der Waals surface area contributed by atoms with Crippen LogP contribution in [-0.4, -0.2) is 35.6 Å². The van der Waals surface area contributed by atoms with E-state index in [9.17, 15) is 9.59 Å². The van der Waals surface area contributed by atoms with Crippen molar-refractivity contribution < 1.29 is 13.9 Å². The lowest BCUT2D eigenvalue weighted by Crippen LogP contribution is -2.41. The van der Waals surface area contributed by atoms with Crippen LogP contribution in [0.3, 0.4) is 0 Å². The molecule has 0 unspecified atom stereocenters. The predicted octanol–water partition coefficient (Wildman–Crippen LogP) is 3.66. The van der Waals surface area contributed by atoms with Crippen molar-refractivity contribution in [2.75, 3.05) is 20.2 Å². The highest BCUT2D eigenvalue weighted by molar-refractivity contribution is 6.31. The molecular formula is C21H21ClN2O4. The van der Waals surface area contributed by atoms with Crippen LogP contribution >= 0.6 is 11.6 Å². The summed E-state index contributed by atoms with van der Waals surface area (Å²) in [6, 6.07) is 12.7. The zero-order valence-corrected chi connectivity index (χ0v) is 16.3. The van der Waals surface area contributed by atoms with Crippen molar-refractivity contribution in [1.29, 1.82) is 0 Å². The fraction of sp³-hybridized carbons (Fsp3) is 0.333. The van der Waals surface area contributed by atoms with E-state index in [-0.39, 0.29) is 17.7 Å². The van der Waals surface area contributed by atoms with Gasteiger partial charge in [0, 0.05) is 24.2 Å². The lowest BCUT2D eigenvalue weighted by Gasteiger charge is -2.32. The molecule has 7 heteroatoms. The number of nitrogens with zero attached hydrogens (tertiary/aromatic N) is 2. The third-order valence-electron chi connectivity index (χ3n) is 5.25. The van der Waals surface area contributed by atoms with Gasteiger partial charge in [0.1, 0.15) is 5.75 Å². The fourth-order valence-corrected chi connectivity index (χ4v) is 3.96. The summed E-state index contributed by atoms with van der Waals surface area (Å²) in [6.45, 7) is 1.21. The number of carbonyl (C=O) groups is 1. The number of methoxy groups -OCH3 is 1. The predicted molar refractivity (Wildman–Crippen MR) is 107 cm³/mol. The van der Waals surface area contributed by atoms with Crippen molar-refractivity contribution in [1.82, 2.24) is 9.47 Å². The first kappa shape index (κ1) is 18.6. The summed E-state index contributed by atoms with van der Waals surface area (Å²) in [5, 5.41) is 0.563. The minimum atomic E-state index is -0.376. The zero-order chi connectivity index (χ0) is 19.7. The van der Waals surface area contributed by atoms with Crippen molar-refractivity contribution in [3.8, 4) is 5.75 Å². The van der Waals surface area contributed by atoms with Gasteiger partial charge in [-0.2, -0.15) is 0 Å². The Bertz CT molecular complexity index is 1060. The van der Waals surface area contributed by atoms with Crippen LogP contribution < -0.4 is 10.5 Å². The van der Waals surface area contributed by atoms with Gasteiger partial charge in [0.25, 0.3) is 0 Å². The van der Waals surface area contributed by atoms with Crippen molar-refractivity contribution in [2.24, 2.45) is 0 Å². The maximum Gasteiger partial charge on any atom is 0.420 e. The van der Waals surface area contributed by atoms with Crippen molar-refractivity contribution in [3.05, 3.63) is 63.6 Å². The molecule has 1 amide bonds. The zero-order valence-electron chi connectivity index (χ0n) is 15.6. The van der Waals surface area contributed by atoms with E-state index in [1.54, 1.807) is 29.9 Å². The van der Waals surface area contributed by atoms with Crippen LogP contribution in [0.1, 0.15) is 24.4 Å². The SMILES string of the molecule is COc1cccc(CC(=O)N2CCC(n3c(=O)oc4ccc(Cl)cc43)CC2)c1. The molecule has 0 N–H and O–H groups in total. The average molecular weight is 401 g/mol. The lowest BCUT2D eigenvalue weighted by atomic mass is 10.0. The molecule has 0 saturated carbocycles. The summed E-state index contributed by atoms with van der Waals surface area (Å²) in [5.74, 6) is 0.450. The second kappa shape index (κ2) is 7.72.